The Morgan fingerprint density at radius 3 is 2.86 bits per heavy atom. The molecule has 4 heteroatoms. The predicted octanol–water partition coefficient (Wildman–Crippen LogP) is 2.18. The Morgan fingerprint density at radius 1 is 1.43 bits per heavy atom. The lowest BCUT2D eigenvalue weighted by atomic mass is 9.86. The van der Waals surface area contributed by atoms with Crippen LogP contribution in [0.25, 0.3) is 0 Å². The van der Waals surface area contributed by atoms with Gasteiger partial charge in [-0.2, -0.15) is 0 Å². The van der Waals surface area contributed by atoms with Crippen LogP contribution in [0.2, 0.25) is 0 Å². The van der Waals surface area contributed by atoms with E-state index in [-0.39, 0.29) is 18.4 Å². The Hall–Kier alpha value is -0.0900. The van der Waals surface area contributed by atoms with Crippen LogP contribution in [0.4, 0.5) is 0 Å². The largest absolute Gasteiger partial charge is 0.387 e. The fourth-order valence-corrected chi connectivity index (χ4v) is 2.47. The molecule has 1 aromatic carbocycles. The van der Waals surface area contributed by atoms with Crippen molar-refractivity contribution in [3.05, 3.63) is 33.8 Å². The number of hydrogen-bond donors (Lipinski definition) is 2. The van der Waals surface area contributed by atoms with Gasteiger partial charge in [0.2, 0.25) is 0 Å². The molecule has 0 radical (unpaired) electrons. The summed E-state index contributed by atoms with van der Waals surface area (Å²) in [7, 11) is 0. The lowest BCUT2D eigenvalue weighted by Gasteiger charge is -2.28. The molecule has 14 heavy (non-hydrogen) atoms. The number of nitrogens with two attached hydrogens (primary N) is 1. The van der Waals surface area contributed by atoms with Gasteiger partial charge in [-0.25, -0.2) is 0 Å². The quantitative estimate of drug-likeness (QED) is 0.764. The highest BCUT2D eigenvalue weighted by Crippen LogP contribution is 2.34. The molecule has 0 amide bonds. The van der Waals surface area contributed by atoms with Gasteiger partial charge in [-0.15, -0.1) is 12.4 Å². The standard InChI is InChI=1S/C10H12BrNO.ClH/c11-7-3-1-2-6-4-5-8(12)10(13)9(6)7;/h1-3,8,10,13H,4-5,12H2;1H. The molecule has 0 aromatic heterocycles. The van der Waals surface area contributed by atoms with Gasteiger partial charge in [0.25, 0.3) is 0 Å². The summed E-state index contributed by atoms with van der Waals surface area (Å²) in [6.07, 6.45) is 1.32. The Labute approximate surface area is 98.0 Å². The van der Waals surface area contributed by atoms with E-state index in [2.05, 4.69) is 22.0 Å². The van der Waals surface area contributed by atoms with Gasteiger partial charge >= 0.3 is 0 Å². The predicted molar refractivity (Wildman–Crippen MR) is 62.6 cm³/mol. The van der Waals surface area contributed by atoms with Crippen molar-refractivity contribution >= 4 is 28.3 Å². The SMILES string of the molecule is Cl.NC1CCc2cccc(Br)c2C1O. The Balaban J connectivity index is 0.000000980. The van der Waals surface area contributed by atoms with E-state index in [1.807, 2.05) is 12.1 Å². The third kappa shape index (κ3) is 1.96. The van der Waals surface area contributed by atoms with E-state index in [9.17, 15) is 5.11 Å². The molecule has 0 heterocycles. The Morgan fingerprint density at radius 2 is 2.14 bits per heavy atom. The second-order valence-electron chi connectivity index (χ2n) is 3.46. The van der Waals surface area contributed by atoms with Crippen molar-refractivity contribution < 1.29 is 5.11 Å². The molecule has 1 aliphatic rings. The molecule has 2 unspecified atom stereocenters. The molecule has 1 aliphatic carbocycles. The maximum Gasteiger partial charge on any atom is 0.0954 e. The third-order valence-electron chi connectivity index (χ3n) is 2.59. The normalized spacial score (nSPS) is 25.1. The molecule has 2 nitrogen and oxygen atoms in total. The minimum Gasteiger partial charge on any atom is -0.387 e. The molecule has 3 N–H and O–H groups in total. The van der Waals surface area contributed by atoms with Crippen LogP contribution in [-0.2, 0) is 6.42 Å². The number of halogens is 2. The summed E-state index contributed by atoms with van der Waals surface area (Å²) in [5, 5.41) is 9.86. The van der Waals surface area contributed by atoms with Crippen LogP contribution in [0.1, 0.15) is 23.7 Å². The fraction of sp³-hybridized carbons (Fsp3) is 0.400. The van der Waals surface area contributed by atoms with Gasteiger partial charge in [0, 0.05) is 10.5 Å². The first-order valence-electron chi connectivity index (χ1n) is 4.41. The summed E-state index contributed by atoms with van der Waals surface area (Å²) in [5.74, 6) is 0. The molecule has 2 rings (SSSR count). The van der Waals surface area contributed by atoms with Crippen molar-refractivity contribution in [2.75, 3.05) is 0 Å². The van der Waals surface area contributed by atoms with Crippen molar-refractivity contribution in [2.24, 2.45) is 5.73 Å². The van der Waals surface area contributed by atoms with E-state index in [1.54, 1.807) is 0 Å². The van der Waals surface area contributed by atoms with E-state index in [1.165, 1.54) is 5.56 Å². The van der Waals surface area contributed by atoms with Crippen LogP contribution in [0.3, 0.4) is 0 Å². The summed E-state index contributed by atoms with van der Waals surface area (Å²) in [4.78, 5) is 0. The minimum absolute atomic E-state index is 0. The number of aryl methyl sites for hydroxylation is 1. The molecular weight excluding hydrogens is 265 g/mol. The van der Waals surface area contributed by atoms with E-state index in [4.69, 9.17) is 5.73 Å². The fourth-order valence-electron chi connectivity index (χ4n) is 1.83. The van der Waals surface area contributed by atoms with Crippen LogP contribution in [0, 0.1) is 0 Å². The highest BCUT2D eigenvalue weighted by atomic mass is 79.9. The first-order valence-corrected chi connectivity index (χ1v) is 5.20. The zero-order valence-corrected chi connectivity index (χ0v) is 10.0. The van der Waals surface area contributed by atoms with E-state index in [0.717, 1.165) is 22.9 Å². The molecule has 2 atom stereocenters. The molecule has 1 aromatic rings. The van der Waals surface area contributed by atoms with Crippen molar-refractivity contribution in [2.45, 2.75) is 25.0 Å². The summed E-state index contributed by atoms with van der Waals surface area (Å²) in [6.45, 7) is 0. The molecule has 0 saturated carbocycles. The average molecular weight is 279 g/mol. The van der Waals surface area contributed by atoms with Crippen molar-refractivity contribution in [1.82, 2.24) is 0 Å². The van der Waals surface area contributed by atoms with Crippen molar-refractivity contribution in [1.29, 1.82) is 0 Å². The molecule has 0 saturated heterocycles. The first kappa shape index (κ1) is 12.0. The maximum atomic E-state index is 9.86. The zero-order chi connectivity index (χ0) is 9.42. The summed E-state index contributed by atoms with van der Waals surface area (Å²) < 4.78 is 0.965. The van der Waals surface area contributed by atoms with Gasteiger partial charge in [0.05, 0.1) is 6.10 Å². The number of rotatable bonds is 0. The lowest BCUT2D eigenvalue weighted by Crippen LogP contribution is -2.33. The van der Waals surface area contributed by atoms with Crippen LogP contribution >= 0.6 is 28.3 Å². The van der Waals surface area contributed by atoms with Gasteiger partial charge in [0.1, 0.15) is 0 Å². The minimum atomic E-state index is -0.515. The second kappa shape index (κ2) is 4.62. The Bertz CT molecular complexity index is 332. The second-order valence-corrected chi connectivity index (χ2v) is 4.31. The maximum absolute atomic E-state index is 9.86. The highest BCUT2D eigenvalue weighted by Gasteiger charge is 2.26. The Kier molecular flexibility index (Phi) is 3.95. The number of aliphatic hydroxyl groups is 1. The van der Waals surface area contributed by atoms with Gasteiger partial charge in [0.15, 0.2) is 0 Å². The number of aliphatic hydroxyl groups excluding tert-OH is 1. The first-order chi connectivity index (χ1) is 6.20. The summed E-state index contributed by atoms with van der Waals surface area (Å²) >= 11 is 3.43. The van der Waals surface area contributed by atoms with Crippen molar-refractivity contribution in [3.63, 3.8) is 0 Å². The monoisotopic (exact) mass is 277 g/mol. The van der Waals surface area contributed by atoms with E-state index >= 15 is 0 Å². The van der Waals surface area contributed by atoms with Gasteiger partial charge in [-0.05, 0) is 30.0 Å². The summed E-state index contributed by atoms with van der Waals surface area (Å²) in [6, 6.07) is 5.87. The van der Waals surface area contributed by atoms with Crippen LogP contribution in [0.5, 0.6) is 0 Å². The molecular formula is C10H13BrClNO. The number of hydrogen-bond acceptors (Lipinski definition) is 2. The molecule has 0 spiro atoms. The topological polar surface area (TPSA) is 46.2 Å². The molecule has 0 bridgehead atoms. The van der Waals surface area contributed by atoms with Crippen LogP contribution < -0.4 is 5.73 Å². The third-order valence-corrected chi connectivity index (χ3v) is 3.28. The van der Waals surface area contributed by atoms with Gasteiger partial charge in [-0.3, -0.25) is 0 Å². The zero-order valence-electron chi connectivity index (χ0n) is 7.61. The number of benzene rings is 1. The average Bonchev–Trinajstić information content (AvgIpc) is 2.12. The molecule has 0 aliphatic heterocycles. The van der Waals surface area contributed by atoms with Gasteiger partial charge < -0.3 is 10.8 Å². The number of fused-ring (bicyclic) bond motifs is 1. The van der Waals surface area contributed by atoms with Gasteiger partial charge in [-0.1, -0.05) is 28.1 Å². The van der Waals surface area contributed by atoms with E-state index in [0.29, 0.717) is 0 Å². The lowest BCUT2D eigenvalue weighted by molar-refractivity contribution is 0.133. The van der Waals surface area contributed by atoms with Crippen LogP contribution in [0.15, 0.2) is 22.7 Å². The van der Waals surface area contributed by atoms with E-state index < -0.39 is 6.10 Å². The molecule has 78 valence electrons. The molecule has 0 fully saturated rings. The van der Waals surface area contributed by atoms with Crippen LogP contribution in [-0.4, -0.2) is 11.1 Å². The summed E-state index contributed by atoms with van der Waals surface area (Å²) in [5.41, 5.74) is 7.98. The smallest absolute Gasteiger partial charge is 0.0954 e. The van der Waals surface area contributed by atoms with Crippen molar-refractivity contribution in [3.8, 4) is 0 Å². The highest BCUT2D eigenvalue weighted by molar-refractivity contribution is 9.10.